The van der Waals surface area contributed by atoms with Gasteiger partial charge in [-0.2, -0.15) is 0 Å². The Morgan fingerprint density at radius 3 is 2.78 bits per heavy atom. The van der Waals surface area contributed by atoms with E-state index in [-0.39, 0.29) is 5.91 Å². The fourth-order valence-electron chi connectivity index (χ4n) is 4.44. The lowest BCUT2D eigenvalue weighted by atomic mass is 9.92. The van der Waals surface area contributed by atoms with Gasteiger partial charge < -0.3 is 9.80 Å². The summed E-state index contributed by atoms with van der Waals surface area (Å²) in [6.07, 6.45) is 2.28. The molecule has 2 aliphatic heterocycles. The fraction of sp³-hybridized carbons (Fsp3) is 0.722. The van der Waals surface area contributed by atoms with Crippen LogP contribution >= 0.6 is 11.3 Å². The number of hydrogen-bond acceptors (Lipinski definition) is 4. The molecule has 0 N–H and O–H groups in total. The zero-order valence-corrected chi connectivity index (χ0v) is 15.6. The maximum absolute atomic E-state index is 12.2. The lowest BCUT2D eigenvalue weighted by Gasteiger charge is -2.38. The average molecular weight is 336 g/mol. The summed E-state index contributed by atoms with van der Waals surface area (Å²) in [5, 5.41) is 0. The second-order valence-corrected chi connectivity index (χ2v) is 8.81. The van der Waals surface area contributed by atoms with Crippen LogP contribution in [0.4, 0.5) is 0 Å². The molecule has 5 heteroatoms. The smallest absolute Gasteiger partial charge is 0.219 e. The number of amides is 1. The van der Waals surface area contributed by atoms with Crippen LogP contribution in [0.2, 0.25) is 0 Å². The van der Waals surface area contributed by atoms with E-state index in [0.717, 1.165) is 39.0 Å². The van der Waals surface area contributed by atoms with Crippen LogP contribution in [-0.4, -0.2) is 66.4 Å². The summed E-state index contributed by atoms with van der Waals surface area (Å²) in [4.78, 5) is 22.0. The first-order chi connectivity index (χ1) is 10.9. The van der Waals surface area contributed by atoms with Gasteiger partial charge in [-0.15, -0.1) is 11.3 Å². The van der Waals surface area contributed by atoms with Gasteiger partial charge in [-0.1, -0.05) is 0 Å². The maximum atomic E-state index is 12.2. The molecule has 23 heavy (non-hydrogen) atoms. The Labute approximate surface area is 144 Å². The molecule has 0 bridgehead atoms. The molecule has 0 radical (unpaired) electrons. The predicted molar refractivity (Wildman–Crippen MR) is 95.7 cm³/mol. The number of carbonyl (C=O) groups excluding carboxylic acids is 1. The Bertz CT molecular complexity index is 556. The monoisotopic (exact) mass is 335 g/mol. The lowest BCUT2D eigenvalue weighted by molar-refractivity contribution is -0.133. The van der Waals surface area contributed by atoms with Crippen molar-refractivity contribution in [3.63, 3.8) is 0 Å². The Hall–Kier alpha value is -0.910. The molecule has 1 aromatic heterocycles. The van der Waals surface area contributed by atoms with E-state index in [4.69, 9.17) is 0 Å². The van der Waals surface area contributed by atoms with Gasteiger partial charge in [0.05, 0.1) is 0 Å². The van der Waals surface area contributed by atoms with E-state index in [1.165, 1.54) is 9.75 Å². The Morgan fingerprint density at radius 1 is 1.39 bits per heavy atom. The molecule has 128 valence electrons. The molecule has 4 nitrogen and oxygen atoms in total. The van der Waals surface area contributed by atoms with Crippen molar-refractivity contribution in [2.75, 3.05) is 33.7 Å². The Kier molecular flexibility index (Phi) is 5.09. The zero-order valence-electron chi connectivity index (χ0n) is 14.8. The summed E-state index contributed by atoms with van der Waals surface area (Å²) < 4.78 is 0. The van der Waals surface area contributed by atoms with E-state index < -0.39 is 0 Å². The number of rotatable bonds is 4. The number of carbonyl (C=O) groups is 1. The third-order valence-corrected chi connectivity index (χ3v) is 6.20. The summed E-state index contributed by atoms with van der Waals surface area (Å²) in [5.41, 5.74) is 0. The van der Waals surface area contributed by atoms with Gasteiger partial charge in [0.25, 0.3) is 0 Å². The van der Waals surface area contributed by atoms with Crippen LogP contribution in [0.15, 0.2) is 12.1 Å². The van der Waals surface area contributed by atoms with Crippen molar-refractivity contribution < 1.29 is 4.79 Å². The summed E-state index contributed by atoms with van der Waals surface area (Å²) in [6.45, 7) is 8.21. The molecular weight excluding hydrogens is 306 g/mol. The molecule has 3 heterocycles. The number of likely N-dealkylation sites (tertiary alicyclic amines) is 2. The molecule has 2 saturated heterocycles. The highest BCUT2D eigenvalue weighted by Gasteiger charge is 2.44. The van der Waals surface area contributed by atoms with Gasteiger partial charge >= 0.3 is 0 Å². The fourth-order valence-corrected chi connectivity index (χ4v) is 5.37. The zero-order chi connectivity index (χ0) is 16.6. The van der Waals surface area contributed by atoms with E-state index in [1.807, 2.05) is 11.3 Å². The van der Waals surface area contributed by atoms with Crippen molar-refractivity contribution in [2.45, 2.75) is 45.3 Å². The molecule has 0 unspecified atom stereocenters. The highest BCUT2D eigenvalue weighted by molar-refractivity contribution is 7.11. The van der Waals surface area contributed by atoms with Crippen LogP contribution in [0.3, 0.4) is 0 Å². The highest BCUT2D eigenvalue weighted by Crippen LogP contribution is 2.36. The number of hydrogen-bond donors (Lipinski definition) is 0. The number of likely N-dealkylation sites (N-methyl/N-ethyl adjacent to an activating group) is 1. The molecule has 0 aromatic carbocycles. The van der Waals surface area contributed by atoms with Crippen molar-refractivity contribution in [1.29, 1.82) is 0 Å². The standard InChI is InChI=1S/C18H29N3OS/c1-13-5-6-17(23-13)12-20-8-7-18-15(10-20)9-16(11-19(3)4)21(18)14(2)22/h5-6,15-16,18H,7-12H2,1-4H3/t15-,16+,18+/m1/s1. The number of piperidine rings is 1. The third kappa shape index (κ3) is 3.78. The van der Waals surface area contributed by atoms with Crippen LogP contribution in [0.1, 0.15) is 29.5 Å². The van der Waals surface area contributed by atoms with Crippen LogP contribution in [0, 0.1) is 12.8 Å². The first-order valence-electron chi connectivity index (χ1n) is 8.65. The topological polar surface area (TPSA) is 26.8 Å². The molecular formula is C18H29N3OS. The van der Waals surface area contributed by atoms with Crippen LogP contribution in [-0.2, 0) is 11.3 Å². The number of fused-ring (bicyclic) bond motifs is 1. The molecule has 3 rings (SSSR count). The molecule has 1 aromatic rings. The molecule has 3 atom stereocenters. The van der Waals surface area contributed by atoms with Gasteiger partial charge in [-0.25, -0.2) is 0 Å². The van der Waals surface area contributed by atoms with Crippen LogP contribution in [0.25, 0.3) is 0 Å². The number of thiophene rings is 1. The van der Waals surface area contributed by atoms with E-state index >= 15 is 0 Å². The SMILES string of the molecule is CC(=O)N1[C@H](CN(C)C)C[C@@H]2CN(Cc3ccc(C)s3)CC[C@@H]21. The minimum absolute atomic E-state index is 0.256. The Balaban J connectivity index is 1.65. The van der Waals surface area contributed by atoms with Crippen LogP contribution in [0.5, 0.6) is 0 Å². The van der Waals surface area contributed by atoms with E-state index in [0.29, 0.717) is 18.0 Å². The van der Waals surface area contributed by atoms with Gasteiger partial charge in [0.1, 0.15) is 0 Å². The Morgan fingerprint density at radius 2 is 2.17 bits per heavy atom. The minimum atomic E-state index is 0.256. The normalized spacial score (nSPS) is 28.4. The molecule has 2 fully saturated rings. The van der Waals surface area contributed by atoms with Crippen molar-refractivity contribution >= 4 is 17.2 Å². The summed E-state index contributed by atoms with van der Waals surface area (Å²) in [5.74, 6) is 0.894. The molecule has 1 amide bonds. The van der Waals surface area contributed by atoms with Gasteiger partial charge in [-0.3, -0.25) is 9.69 Å². The second-order valence-electron chi connectivity index (χ2n) is 7.44. The molecule has 2 aliphatic rings. The summed E-state index contributed by atoms with van der Waals surface area (Å²) in [7, 11) is 4.21. The second kappa shape index (κ2) is 6.91. The van der Waals surface area contributed by atoms with Crippen molar-refractivity contribution in [3.05, 3.63) is 21.9 Å². The van der Waals surface area contributed by atoms with Crippen molar-refractivity contribution in [2.24, 2.45) is 5.92 Å². The van der Waals surface area contributed by atoms with Crippen LogP contribution < -0.4 is 0 Å². The largest absolute Gasteiger partial charge is 0.335 e. The van der Waals surface area contributed by atoms with Gasteiger partial charge in [0.2, 0.25) is 5.91 Å². The summed E-state index contributed by atoms with van der Waals surface area (Å²) >= 11 is 1.91. The van der Waals surface area contributed by atoms with Crippen molar-refractivity contribution in [3.8, 4) is 0 Å². The van der Waals surface area contributed by atoms with Crippen molar-refractivity contribution in [1.82, 2.24) is 14.7 Å². The minimum Gasteiger partial charge on any atom is -0.335 e. The maximum Gasteiger partial charge on any atom is 0.219 e. The average Bonchev–Trinajstić information content (AvgIpc) is 3.00. The van der Waals surface area contributed by atoms with Gasteiger partial charge in [0, 0.05) is 54.9 Å². The molecule has 0 spiro atoms. The lowest BCUT2D eigenvalue weighted by Crippen LogP contribution is -2.49. The third-order valence-electron chi connectivity index (χ3n) is 5.22. The summed E-state index contributed by atoms with van der Waals surface area (Å²) in [6, 6.07) is 5.32. The van der Waals surface area contributed by atoms with E-state index in [9.17, 15) is 4.79 Å². The van der Waals surface area contributed by atoms with E-state index in [1.54, 1.807) is 6.92 Å². The number of nitrogens with zero attached hydrogens (tertiary/aromatic N) is 3. The number of aryl methyl sites for hydroxylation is 1. The molecule has 0 saturated carbocycles. The highest BCUT2D eigenvalue weighted by atomic mass is 32.1. The first-order valence-corrected chi connectivity index (χ1v) is 9.47. The van der Waals surface area contributed by atoms with Gasteiger partial charge in [0.15, 0.2) is 0 Å². The molecule has 0 aliphatic carbocycles. The quantitative estimate of drug-likeness (QED) is 0.845. The predicted octanol–water partition coefficient (Wildman–Crippen LogP) is 2.43. The van der Waals surface area contributed by atoms with Gasteiger partial charge in [-0.05, 0) is 51.9 Å². The van der Waals surface area contributed by atoms with E-state index in [2.05, 4.69) is 47.9 Å². The first kappa shape index (κ1) is 16.9.